The Morgan fingerprint density at radius 1 is 1.17 bits per heavy atom. The molecular weight excluding hydrogens is 284 g/mol. The van der Waals surface area contributed by atoms with Crippen molar-refractivity contribution in [3.8, 4) is 0 Å². The molecule has 1 aliphatic rings. The van der Waals surface area contributed by atoms with Crippen LogP contribution in [0.1, 0.15) is 62.6 Å². The van der Waals surface area contributed by atoms with E-state index in [0.29, 0.717) is 18.9 Å². The molecule has 1 aliphatic carbocycles. The van der Waals surface area contributed by atoms with Crippen molar-refractivity contribution in [2.24, 2.45) is 5.92 Å². The van der Waals surface area contributed by atoms with Gasteiger partial charge in [-0.05, 0) is 50.4 Å². The topological polar surface area (TPSA) is 32.3 Å². The Kier molecular flexibility index (Phi) is 7.10. The van der Waals surface area contributed by atoms with E-state index in [2.05, 4.69) is 55.5 Å². The number of likely N-dealkylation sites (N-methyl/N-ethyl adjacent to an activating group) is 1. The molecule has 128 valence electrons. The summed E-state index contributed by atoms with van der Waals surface area (Å²) in [6.07, 6.45) is 8.14. The third kappa shape index (κ3) is 5.65. The Morgan fingerprint density at radius 2 is 1.83 bits per heavy atom. The molecule has 0 saturated heterocycles. The Morgan fingerprint density at radius 3 is 2.39 bits per heavy atom. The highest BCUT2D eigenvalue weighted by Gasteiger charge is 2.19. The summed E-state index contributed by atoms with van der Waals surface area (Å²) in [5.74, 6) is 0.819. The maximum atomic E-state index is 12.2. The Bertz CT molecular complexity index is 475. The van der Waals surface area contributed by atoms with Crippen LogP contribution in [0.3, 0.4) is 0 Å². The summed E-state index contributed by atoms with van der Waals surface area (Å²) in [6.45, 7) is 2.86. The van der Waals surface area contributed by atoms with Gasteiger partial charge >= 0.3 is 0 Å². The number of carbonyl (C=O) groups is 1. The van der Waals surface area contributed by atoms with Crippen LogP contribution in [-0.4, -0.2) is 31.4 Å². The Hall–Kier alpha value is -1.35. The van der Waals surface area contributed by atoms with E-state index in [-0.39, 0.29) is 11.9 Å². The van der Waals surface area contributed by atoms with Crippen LogP contribution in [0.15, 0.2) is 24.3 Å². The molecule has 3 nitrogen and oxygen atoms in total. The third-order valence-electron chi connectivity index (χ3n) is 5.09. The molecule has 0 bridgehead atoms. The van der Waals surface area contributed by atoms with Crippen LogP contribution < -0.4 is 5.32 Å². The zero-order chi connectivity index (χ0) is 16.7. The van der Waals surface area contributed by atoms with Crippen LogP contribution in [0.5, 0.6) is 0 Å². The van der Waals surface area contributed by atoms with Crippen LogP contribution in [0.25, 0.3) is 0 Å². The number of carbonyl (C=O) groups excluding carboxylic acids is 1. The molecule has 0 aromatic heterocycles. The van der Waals surface area contributed by atoms with E-state index < -0.39 is 0 Å². The molecule has 0 heterocycles. The minimum Gasteiger partial charge on any atom is -0.354 e. The fourth-order valence-corrected chi connectivity index (χ4v) is 3.51. The van der Waals surface area contributed by atoms with Gasteiger partial charge in [0.25, 0.3) is 0 Å². The third-order valence-corrected chi connectivity index (χ3v) is 5.09. The van der Waals surface area contributed by atoms with Crippen LogP contribution in [0.4, 0.5) is 0 Å². The van der Waals surface area contributed by atoms with Gasteiger partial charge in [0.1, 0.15) is 0 Å². The lowest BCUT2D eigenvalue weighted by molar-refractivity contribution is -0.122. The van der Waals surface area contributed by atoms with E-state index in [1.54, 1.807) is 0 Å². The minimum atomic E-state index is 0.217. The van der Waals surface area contributed by atoms with Crippen molar-refractivity contribution in [2.75, 3.05) is 20.6 Å². The SMILES string of the molecule is CCc1ccc(C(CNC(=O)CC2CCCCC2)N(C)C)cc1. The molecule has 0 radical (unpaired) electrons. The lowest BCUT2D eigenvalue weighted by atomic mass is 9.87. The number of aryl methyl sites for hydroxylation is 1. The van der Waals surface area contributed by atoms with Gasteiger partial charge in [-0.1, -0.05) is 50.5 Å². The fraction of sp³-hybridized carbons (Fsp3) is 0.650. The van der Waals surface area contributed by atoms with Crippen LogP contribution in [-0.2, 0) is 11.2 Å². The second-order valence-corrected chi connectivity index (χ2v) is 7.09. The number of amides is 1. The van der Waals surface area contributed by atoms with Gasteiger partial charge in [0.2, 0.25) is 5.91 Å². The van der Waals surface area contributed by atoms with Crippen molar-refractivity contribution < 1.29 is 4.79 Å². The maximum absolute atomic E-state index is 12.2. The summed E-state index contributed by atoms with van der Waals surface area (Å²) in [5, 5.41) is 3.16. The van der Waals surface area contributed by atoms with Gasteiger partial charge in [0.15, 0.2) is 0 Å². The lowest BCUT2D eigenvalue weighted by Crippen LogP contribution is -2.35. The first-order valence-corrected chi connectivity index (χ1v) is 9.12. The molecule has 1 saturated carbocycles. The van der Waals surface area contributed by atoms with Gasteiger partial charge in [-0.25, -0.2) is 0 Å². The highest BCUT2D eigenvalue weighted by molar-refractivity contribution is 5.76. The average molecular weight is 316 g/mol. The van der Waals surface area contributed by atoms with Gasteiger partial charge in [-0.15, -0.1) is 0 Å². The molecule has 2 rings (SSSR count). The summed E-state index contributed by atoms with van der Waals surface area (Å²) in [4.78, 5) is 14.4. The monoisotopic (exact) mass is 316 g/mol. The number of nitrogens with zero attached hydrogens (tertiary/aromatic N) is 1. The first-order valence-electron chi connectivity index (χ1n) is 9.12. The van der Waals surface area contributed by atoms with Gasteiger partial charge < -0.3 is 10.2 Å². The first-order chi connectivity index (χ1) is 11.1. The van der Waals surface area contributed by atoms with Crippen molar-refractivity contribution in [2.45, 2.75) is 57.9 Å². The highest BCUT2D eigenvalue weighted by Crippen LogP contribution is 2.26. The maximum Gasteiger partial charge on any atom is 0.220 e. The molecule has 3 heteroatoms. The average Bonchev–Trinajstić information content (AvgIpc) is 2.56. The standard InChI is InChI=1S/C20H32N2O/c1-4-16-10-12-18(13-11-16)19(22(2)3)15-21-20(23)14-17-8-6-5-7-9-17/h10-13,17,19H,4-9,14-15H2,1-3H3,(H,21,23). The molecule has 0 aliphatic heterocycles. The molecule has 0 spiro atoms. The van der Waals surface area contributed by atoms with Crippen LogP contribution in [0, 0.1) is 5.92 Å². The highest BCUT2D eigenvalue weighted by atomic mass is 16.1. The van der Waals surface area contributed by atoms with Gasteiger partial charge in [-0.3, -0.25) is 4.79 Å². The van der Waals surface area contributed by atoms with Crippen molar-refractivity contribution >= 4 is 5.91 Å². The predicted molar refractivity (Wildman–Crippen MR) is 96.4 cm³/mol. The molecule has 1 aromatic carbocycles. The van der Waals surface area contributed by atoms with E-state index in [4.69, 9.17) is 0 Å². The smallest absolute Gasteiger partial charge is 0.220 e. The summed E-state index contributed by atoms with van der Waals surface area (Å²) in [6, 6.07) is 9.00. The second-order valence-electron chi connectivity index (χ2n) is 7.09. The number of hydrogen-bond donors (Lipinski definition) is 1. The second kappa shape index (κ2) is 9.07. The molecule has 1 fully saturated rings. The fourth-order valence-electron chi connectivity index (χ4n) is 3.51. The molecular formula is C20H32N2O. The van der Waals surface area contributed by atoms with Gasteiger partial charge in [-0.2, -0.15) is 0 Å². The summed E-state index contributed by atoms with van der Waals surface area (Å²) >= 11 is 0. The first kappa shape index (κ1) is 18.0. The number of rotatable bonds is 7. The normalized spacial score (nSPS) is 17.2. The Balaban J connectivity index is 1.87. The molecule has 1 aromatic rings. The molecule has 1 atom stereocenters. The van der Waals surface area contributed by atoms with E-state index in [1.807, 2.05) is 0 Å². The number of nitrogens with one attached hydrogen (secondary N) is 1. The quantitative estimate of drug-likeness (QED) is 0.826. The van der Waals surface area contributed by atoms with E-state index in [0.717, 1.165) is 6.42 Å². The predicted octanol–water partition coefficient (Wildman–Crippen LogP) is 3.94. The van der Waals surface area contributed by atoms with Gasteiger partial charge in [0.05, 0.1) is 6.04 Å². The van der Waals surface area contributed by atoms with Crippen LogP contribution >= 0.6 is 0 Å². The zero-order valence-electron chi connectivity index (χ0n) is 15.0. The zero-order valence-corrected chi connectivity index (χ0v) is 15.0. The Labute approximate surface area is 141 Å². The molecule has 1 unspecified atom stereocenters. The van der Waals surface area contributed by atoms with Crippen LogP contribution in [0.2, 0.25) is 0 Å². The van der Waals surface area contributed by atoms with Crippen molar-refractivity contribution in [3.63, 3.8) is 0 Å². The molecule has 1 amide bonds. The molecule has 1 N–H and O–H groups in total. The lowest BCUT2D eigenvalue weighted by Gasteiger charge is -2.26. The van der Waals surface area contributed by atoms with Crippen molar-refractivity contribution in [1.29, 1.82) is 0 Å². The minimum absolute atomic E-state index is 0.217. The number of hydrogen-bond acceptors (Lipinski definition) is 2. The van der Waals surface area contributed by atoms with E-state index in [1.165, 1.54) is 43.2 Å². The van der Waals surface area contributed by atoms with E-state index in [9.17, 15) is 4.79 Å². The van der Waals surface area contributed by atoms with Gasteiger partial charge in [0, 0.05) is 13.0 Å². The van der Waals surface area contributed by atoms with E-state index >= 15 is 0 Å². The summed E-state index contributed by atoms with van der Waals surface area (Å²) < 4.78 is 0. The number of benzene rings is 1. The summed E-state index contributed by atoms with van der Waals surface area (Å²) in [7, 11) is 4.15. The molecule has 23 heavy (non-hydrogen) atoms. The van der Waals surface area contributed by atoms with Crippen molar-refractivity contribution in [1.82, 2.24) is 10.2 Å². The van der Waals surface area contributed by atoms with Crippen molar-refractivity contribution in [3.05, 3.63) is 35.4 Å². The summed E-state index contributed by atoms with van der Waals surface area (Å²) in [5.41, 5.74) is 2.62. The largest absolute Gasteiger partial charge is 0.354 e.